The summed E-state index contributed by atoms with van der Waals surface area (Å²) in [7, 11) is 0. The van der Waals surface area contributed by atoms with Gasteiger partial charge in [-0.15, -0.1) is 0 Å². The summed E-state index contributed by atoms with van der Waals surface area (Å²) in [6.45, 7) is 0. The molecule has 0 atom stereocenters. The third kappa shape index (κ3) is 4.07. The van der Waals surface area contributed by atoms with Crippen LogP contribution in [-0.2, 0) is 0 Å². The van der Waals surface area contributed by atoms with Gasteiger partial charge in [-0.3, -0.25) is 9.89 Å². The standard InChI is InChI=1S/C21H16N4OS/c26-20(24-16-7-4-6-15(14-16)19-11-13-23-25-19)18-10-5-12-22-21(18)27-17-8-2-1-3-9-17/h1-14H,(H,23,25)(H,24,26). The van der Waals surface area contributed by atoms with Crippen molar-refractivity contribution in [2.24, 2.45) is 0 Å². The van der Waals surface area contributed by atoms with Gasteiger partial charge >= 0.3 is 0 Å². The summed E-state index contributed by atoms with van der Waals surface area (Å²) in [4.78, 5) is 18.3. The lowest BCUT2D eigenvalue weighted by Crippen LogP contribution is -2.13. The minimum Gasteiger partial charge on any atom is -0.322 e. The molecule has 2 N–H and O–H groups in total. The Morgan fingerprint density at radius 1 is 0.926 bits per heavy atom. The summed E-state index contributed by atoms with van der Waals surface area (Å²) < 4.78 is 0. The summed E-state index contributed by atoms with van der Waals surface area (Å²) in [5.74, 6) is -0.191. The van der Waals surface area contributed by atoms with Crippen LogP contribution in [0.4, 0.5) is 5.69 Å². The third-order valence-electron chi connectivity index (χ3n) is 3.91. The molecule has 2 heterocycles. The summed E-state index contributed by atoms with van der Waals surface area (Å²) in [5.41, 5.74) is 3.10. The molecule has 0 spiro atoms. The number of pyridine rings is 1. The van der Waals surface area contributed by atoms with E-state index in [1.54, 1.807) is 24.5 Å². The van der Waals surface area contributed by atoms with Gasteiger partial charge in [0.2, 0.25) is 0 Å². The zero-order valence-electron chi connectivity index (χ0n) is 14.3. The number of hydrogen-bond acceptors (Lipinski definition) is 4. The average molecular weight is 372 g/mol. The number of aromatic amines is 1. The number of carbonyl (C=O) groups excluding carboxylic acids is 1. The van der Waals surface area contributed by atoms with E-state index >= 15 is 0 Å². The molecular weight excluding hydrogens is 356 g/mol. The lowest BCUT2D eigenvalue weighted by Gasteiger charge is -2.10. The van der Waals surface area contributed by atoms with Gasteiger partial charge in [-0.2, -0.15) is 5.10 Å². The lowest BCUT2D eigenvalue weighted by atomic mass is 10.1. The van der Waals surface area contributed by atoms with Gasteiger partial charge in [0.15, 0.2) is 0 Å². The molecule has 4 rings (SSSR count). The maximum atomic E-state index is 12.8. The topological polar surface area (TPSA) is 70.7 Å². The van der Waals surface area contributed by atoms with Crippen molar-refractivity contribution in [3.8, 4) is 11.3 Å². The Bertz CT molecular complexity index is 1050. The van der Waals surface area contributed by atoms with Gasteiger partial charge in [0.1, 0.15) is 5.03 Å². The highest BCUT2D eigenvalue weighted by molar-refractivity contribution is 7.99. The molecule has 0 unspecified atom stereocenters. The number of anilines is 1. The number of nitrogens with zero attached hydrogens (tertiary/aromatic N) is 2. The van der Waals surface area contributed by atoms with E-state index in [2.05, 4.69) is 20.5 Å². The zero-order chi connectivity index (χ0) is 18.5. The van der Waals surface area contributed by atoms with E-state index in [1.165, 1.54) is 11.8 Å². The molecule has 5 nitrogen and oxygen atoms in total. The summed E-state index contributed by atoms with van der Waals surface area (Å²) >= 11 is 1.47. The first-order valence-electron chi connectivity index (χ1n) is 8.39. The fraction of sp³-hybridized carbons (Fsp3) is 0. The van der Waals surface area contributed by atoms with Gasteiger partial charge < -0.3 is 5.32 Å². The highest BCUT2D eigenvalue weighted by atomic mass is 32.2. The second kappa shape index (κ2) is 7.88. The third-order valence-corrected chi connectivity index (χ3v) is 4.93. The zero-order valence-corrected chi connectivity index (χ0v) is 15.1. The van der Waals surface area contributed by atoms with Crippen molar-refractivity contribution in [3.05, 3.63) is 90.8 Å². The lowest BCUT2D eigenvalue weighted by molar-refractivity contribution is 0.102. The molecule has 132 valence electrons. The number of hydrogen-bond donors (Lipinski definition) is 2. The molecule has 2 aromatic heterocycles. The number of amides is 1. The summed E-state index contributed by atoms with van der Waals surface area (Å²) in [5, 5.41) is 10.5. The van der Waals surface area contributed by atoms with E-state index in [0.717, 1.165) is 16.2 Å². The van der Waals surface area contributed by atoms with E-state index in [-0.39, 0.29) is 5.91 Å². The van der Waals surface area contributed by atoms with Gasteiger partial charge in [0.25, 0.3) is 5.91 Å². The van der Waals surface area contributed by atoms with Crippen LogP contribution < -0.4 is 5.32 Å². The molecule has 0 saturated heterocycles. The van der Waals surface area contributed by atoms with Crippen molar-refractivity contribution >= 4 is 23.4 Å². The monoisotopic (exact) mass is 372 g/mol. The predicted octanol–water partition coefficient (Wildman–Crippen LogP) is 4.88. The van der Waals surface area contributed by atoms with Crippen LogP contribution in [0.15, 0.2) is 95.1 Å². The van der Waals surface area contributed by atoms with E-state index in [1.807, 2.05) is 60.7 Å². The Balaban J connectivity index is 1.56. The summed E-state index contributed by atoms with van der Waals surface area (Å²) in [6, 6.07) is 22.9. The minimum absolute atomic E-state index is 0.191. The summed E-state index contributed by atoms with van der Waals surface area (Å²) in [6.07, 6.45) is 3.39. The van der Waals surface area contributed by atoms with Gasteiger partial charge in [-0.25, -0.2) is 4.98 Å². The highest BCUT2D eigenvalue weighted by Gasteiger charge is 2.14. The van der Waals surface area contributed by atoms with Gasteiger partial charge in [-0.05, 0) is 42.5 Å². The number of H-pyrrole nitrogens is 1. The van der Waals surface area contributed by atoms with Crippen LogP contribution in [0.5, 0.6) is 0 Å². The van der Waals surface area contributed by atoms with Crippen molar-refractivity contribution in [2.75, 3.05) is 5.32 Å². The normalized spacial score (nSPS) is 10.5. The number of nitrogens with one attached hydrogen (secondary N) is 2. The van der Waals surface area contributed by atoms with Gasteiger partial charge in [0.05, 0.1) is 11.3 Å². The molecule has 27 heavy (non-hydrogen) atoms. The molecule has 0 aliphatic heterocycles. The Morgan fingerprint density at radius 3 is 2.63 bits per heavy atom. The van der Waals surface area contributed by atoms with Gasteiger partial charge in [-0.1, -0.05) is 42.1 Å². The van der Waals surface area contributed by atoms with Crippen molar-refractivity contribution in [2.45, 2.75) is 9.92 Å². The minimum atomic E-state index is -0.191. The number of carbonyl (C=O) groups is 1. The first kappa shape index (κ1) is 17.1. The van der Waals surface area contributed by atoms with E-state index in [4.69, 9.17) is 0 Å². The molecule has 0 saturated carbocycles. The van der Waals surface area contributed by atoms with Crippen LogP contribution in [0.1, 0.15) is 10.4 Å². The molecule has 0 aliphatic rings. The Labute approximate surface area is 160 Å². The van der Waals surface area contributed by atoms with E-state index in [0.29, 0.717) is 16.3 Å². The van der Waals surface area contributed by atoms with Crippen molar-refractivity contribution in [1.29, 1.82) is 0 Å². The number of aromatic nitrogens is 3. The Kier molecular flexibility index (Phi) is 4.98. The molecule has 0 bridgehead atoms. The smallest absolute Gasteiger partial charge is 0.258 e. The second-order valence-corrected chi connectivity index (χ2v) is 6.84. The first-order chi connectivity index (χ1) is 13.3. The van der Waals surface area contributed by atoms with Gasteiger partial charge in [0, 0.05) is 28.5 Å². The maximum Gasteiger partial charge on any atom is 0.258 e. The molecule has 0 aliphatic carbocycles. The Hall–Kier alpha value is -3.38. The highest BCUT2D eigenvalue weighted by Crippen LogP contribution is 2.29. The fourth-order valence-corrected chi connectivity index (χ4v) is 3.53. The molecule has 6 heteroatoms. The molecule has 0 fully saturated rings. The van der Waals surface area contributed by atoms with E-state index in [9.17, 15) is 4.79 Å². The fourth-order valence-electron chi connectivity index (χ4n) is 2.62. The van der Waals surface area contributed by atoms with Crippen molar-refractivity contribution in [1.82, 2.24) is 15.2 Å². The SMILES string of the molecule is O=C(Nc1cccc(-c2ccn[nH]2)c1)c1cccnc1Sc1ccccc1. The number of benzene rings is 2. The maximum absolute atomic E-state index is 12.8. The van der Waals surface area contributed by atoms with Crippen LogP contribution in [0.2, 0.25) is 0 Å². The predicted molar refractivity (Wildman–Crippen MR) is 107 cm³/mol. The van der Waals surface area contributed by atoms with Crippen LogP contribution in [-0.4, -0.2) is 21.1 Å². The molecular formula is C21H16N4OS. The van der Waals surface area contributed by atoms with Crippen molar-refractivity contribution in [3.63, 3.8) is 0 Å². The molecule has 2 aromatic carbocycles. The average Bonchev–Trinajstić information content (AvgIpc) is 3.24. The second-order valence-electron chi connectivity index (χ2n) is 5.78. The molecule has 4 aromatic rings. The largest absolute Gasteiger partial charge is 0.322 e. The first-order valence-corrected chi connectivity index (χ1v) is 9.20. The molecule has 0 radical (unpaired) electrons. The Morgan fingerprint density at radius 2 is 1.81 bits per heavy atom. The molecule has 1 amide bonds. The van der Waals surface area contributed by atoms with Crippen molar-refractivity contribution < 1.29 is 4.79 Å². The van der Waals surface area contributed by atoms with Crippen LogP contribution in [0, 0.1) is 0 Å². The van der Waals surface area contributed by atoms with E-state index < -0.39 is 0 Å². The van der Waals surface area contributed by atoms with Crippen LogP contribution in [0.25, 0.3) is 11.3 Å². The van der Waals surface area contributed by atoms with Crippen LogP contribution in [0.3, 0.4) is 0 Å². The number of rotatable bonds is 5. The van der Waals surface area contributed by atoms with Crippen LogP contribution >= 0.6 is 11.8 Å². The quantitative estimate of drug-likeness (QED) is 0.524.